The number of carbonyl (C=O) groups excluding carboxylic acids is 1. The number of aromatic nitrogens is 7. The fraction of sp³-hybridized carbons (Fsp3) is 0.0833. The Bertz CT molecular complexity index is 1650. The smallest absolute Gasteiger partial charge is 0.224 e. The number of hydrogen-bond donors (Lipinski definition) is 3. The van der Waals surface area contributed by atoms with Crippen LogP contribution >= 0.6 is 11.3 Å². The van der Waals surface area contributed by atoms with E-state index >= 15 is 0 Å². The lowest BCUT2D eigenvalue weighted by molar-refractivity contribution is -0.115. The van der Waals surface area contributed by atoms with E-state index < -0.39 is 0 Å². The average Bonchev–Trinajstić information content (AvgIpc) is 3.62. The molecule has 0 aliphatic heterocycles. The Kier molecular flexibility index (Phi) is 4.84. The number of imidazole rings is 1. The first-order valence-corrected chi connectivity index (χ1v) is 11.6. The lowest BCUT2D eigenvalue weighted by Gasteiger charge is -2.06. The lowest BCUT2D eigenvalue weighted by atomic mass is 10.1. The minimum Gasteiger partial charge on any atom is -0.336 e. The molecule has 0 spiro atoms. The molecule has 0 unspecified atom stereocenters. The number of rotatable bonds is 5. The van der Waals surface area contributed by atoms with Crippen LogP contribution in [0.4, 0.5) is 5.69 Å². The first kappa shape index (κ1) is 20.2. The highest BCUT2D eigenvalue weighted by atomic mass is 32.1. The van der Waals surface area contributed by atoms with Crippen molar-refractivity contribution in [3.8, 4) is 33.3 Å². The summed E-state index contributed by atoms with van der Waals surface area (Å²) in [6, 6.07) is 11.6. The van der Waals surface area contributed by atoms with Crippen LogP contribution in [-0.4, -0.2) is 41.0 Å². The van der Waals surface area contributed by atoms with Gasteiger partial charge in [0.2, 0.25) is 5.91 Å². The summed E-state index contributed by atoms with van der Waals surface area (Å²) >= 11 is 1.62. The number of amides is 1. The Morgan fingerprint density at radius 1 is 1.06 bits per heavy atom. The summed E-state index contributed by atoms with van der Waals surface area (Å²) in [4.78, 5) is 34.6. The number of nitrogens with zero attached hydrogens (tertiary/aromatic N) is 5. The molecule has 1 amide bonds. The van der Waals surface area contributed by atoms with Crippen LogP contribution < -0.4 is 5.32 Å². The Balaban J connectivity index is 1.43. The Morgan fingerprint density at radius 3 is 2.82 bits per heavy atom. The van der Waals surface area contributed by atoms with Gasteiger partial charge < -0.3 is 10.3 Å². The molecule has 0 bridgehead atoms. The molecule has 0 saturated carbocycles. The quantitative estimate of drug-likeness (QED) is 0.327. The molecule has 6 aromatic rings. The first-order valence-electron chi connectivity index (χ1n) is 10.7. The molecule has 6 heterocycles. The van der Waals surface area contributed by atoms with Gasteiger partial charge in [-0.05, 0) is 35.7 Å². The van der Waals surface area contributed by atoms with Gasteiger partial charge in [0.1, 0.15) is 16.7 Å². The summed E-state index contributed by atoms with van der Waals surface area (Å²) in [7, 11) is 0. The summed E-state index contributed by atoms with van der Waals surface area (Å²) in [5.74, 6) is 0.541. The number of carbonyl (C=O) groups is 1. The maximum atomic E-state index is 11.8. The molecule has 0 atom stereocenters. The maximum Gasteiger partial charge on any atom is 0.224 e. The van der Waals surface area contributed by atoms with Crippen molar-refractivity contribution in [1.29, 1.82) is 0 Å². The lowest BCUT2D eigenvalue weighted by Crippen LogP contribution is -2.09. The molecule has 9 nitrogen and oxygen atoms in total. The van der Waals surface area contributed by atoms with Gasteiger partial charge in [-0.25, -0.2) is 9.97 Å². The van der Waals surface area contributed by atoms with E-state index in [1.165, 1.54) is 0 Å². The third kappa shape index (κ3) is 3.50. The molecule has 0 radical (unpaired) electrons. The highest BCUT2D eigenvalue weighted by Crippen LogP contribution is 2.32. The number of H-pyrrole nitrogens is 2. The van der Waals surface area contributed by atoms with Crippen LogP contribution in [0.5, 0.6) is 0 Å². The summed E-state index contributed by atoms with van der Waals surface area (Å²) in [6.45, 7) is 1.81. The van der Waals surface area contributed by atoms with Crippen molar-refractivity contribution >= 4 is 45.0 Å². The molecule has 0 aliphatic carbocycles. The fourth-order valence-corrected chi connectivity index (χ4v) is 4.49. The minimum absolute atomic E-state index is 0.0687. The van der Waals surface area contributed by atoms with E-state index in [0.29, 0.717) is 34.8 Å². The van der Waals surface area contributed by atoms with Crippen LogP contribution in [0.25, 0.3) is 55.4 Å². The van der Waals surface area contributed by atoms with Crippen LogP contribution in [-0.2, 0) is 4.79 Å². The van der Waals surface area contributed by atoms with Crippen molar-refractivity contribution in [3.63, 3.8) is 0 Å². The Labute approximate surface area is 197 Å². The molecule has 0 aromatic carbocycles. The van der Waals surface area contributed by atoms with Crippen molar-refractivity contribution in [2.45, 2.75) is 13.3 Å². The van der Waals surface area contributed by atoms with Crippen molar-refractivity contribution in [1.82, 2.24) is 35.1 Å². The molecule has 10 heteroatoms. The predicted molar refractivity (Wildman–Crippen MR) is 132 cm³/mol. The van der Waals surface area contributed by atoms with Crippen LogP contribution in [0.2, 0.25) is 0 Å². The van der Waals surface area contributed by atoms with Gasteiger partial charge >= 0.3 is 0 Å². The molecule has 0 aliphatic rings. The van der Waals surface area contributed by atoms with Gasteiger partial charge in [-0.3, -0.25) is 19.9 Å². The molecule has 0 saturated heterocycles. The van der Waals surface area contributed by atoms with Gasteiger partial charge in [0, 0.05) is 24.4 Å². The molecular formula is C24H18N8OS. The molecule has 0 fully saturated rings. The van der Waals surface area contributed by atoms with Gasteiger partial charge in [0.15, 0.2) is 11.5 Å². The standard InChI is InChI=1S/C24H18N8OS/c1-2-19(33)27-14-10-13(11-25-12-14)15-5-6-17-21(28-15)23(32-31-17)24-29-16-7-8-26-22(20(16)30-24)18-4-3-9-34-18/h3-12H,2H2,1H3,(H,27,33)(H,29,30)(H,31,32). The van der Waals surface area contributed by atoms with Crippen LogP contribution in [0.1, 0.15) is 13.3 Å². The van der Waals surface area contributed by atoms with Crippen LogP contribution in [0.3, 0.4) is 0 Å². The Hall–Kier alpha value is -4.44. The number of nitrogens with one attached hydrogen (secondary N) is 3. The molecule has 6 aromatic heterocycles. The third-order valence-corrected chi connectivity index (χ3v) is 6.30. The number of aromatic amines is 2. The number of hydrogen-bond acceptors (Lipinski definition) is 7. The van der Waals surface area contributed by atoms with Gasteiger partial charge in [-0.2, -0.15) is 5.10 Å². The van der Waals surface area contributed by atoms with Crippen molar-refractivity contribution in [2.24, 2.45) is 0 Å². The topological polar surface area (TPSA) is 125 Å². The van der Waals surface area contributed by atoms with E-state index in [2.05, 4.69) is 30.5 Å². The zero-order valence-electron chi connectivity index (χ0n) is 18.0. The number of pyridine rings is 3. The highest BCUT2D eigenvalue weighted by Gasteiger charge is 2.17. The van der Waals surface area contributed by atoms with E-state index in [4.69, 9.17) is 9.97 Å². The monoisotopic (exact) mass is 466 g/mol. The highest BCUT2D eigenvalue weighted by molar-refractivity contribution is 7.13. The fourth-order valence-electron chi connectivity index (χ4n) is 3.76. The van der Waals surface area contributed by atoms with E-state index in [1.54, 1.807) is 36.9 Å². The second kappa shape index (κ2) is 8.16. The average molecular weight is 467 g/mol. The SMILES string of the molecule is CCC(=O)Nc1cncc(-c2ccc3[nH]nc(-c4nc5c(-c6cccs6)nccc5[nH]4)c3n2)c1. The molecule has 166 valence electrons. The van der Waals surface area contributed by atoms with Gasteiger partial charge in [-0.1, -0.05) is 13.0 Å². The van der Waals surface area contributed by atoms with Crippen LogP contribution in [0, 0.1) is 0 Å². The maximum absolute atomic E-state index is 11.8. The summed E-state index contributed by atoms with van der Waals surface area (Å²) < 4.78 is 0. The minimum atomic E-state index is -0.0687. The van der Waals surface area contributed by atoms with Crippen molar-refractivity contribution in [2.75, 3.05) is 5.32 Å². The second-order valence-electron chi connectivity index (χ2n) is 7.65. The largest absolute Gasteiger partial charge is 0.336 e. The second-order valence-corrected chi connectivity index (χ2v) is 8.60. The number of anilines is 1. The first-order chi connectivity index (χ1) is 16.7. The normalized spacial score (nSPS) is 11.3. The molecule has 34 heavy (non-hydrogen) atoms. The zero-order valence-corrected chi connectivity index (χ0v) is 18.8. The molecule has 3 N–H and O–H groups in total. The summed E-state index contributed by atoms with van der Waals surface area (Å²) in [6.07, 6.45) is 5.51. The third-order valence-electron chi connectivity index (χ3n) is 5.43. The van der Waals surface area contributed by atoms with Crippen LogP contribution in [0.15, 0.2) is 60.4 Å². The Morgan fingerprint density at radius 2 is 1.97 bits per heavy atom. The van der Waals surface area contributed by atoms with E-state index in [9.17, 15) is 4.79 Å². The number of thiophene rings is 1. The zero-order chi connectivity index (χ0) is 23.1. The predicted octanol–water partition coefficient (Wildman–Crippen LogP) is 5.04. The van der Waals surface area contributed by atoms with Crippen molar-refractivity contribution < 1.29 is 4.79 Å². The van der Waals surface area contributed by atoms with Crippen molar-refractivity contribution in [3.05, 3.63) is 60.4 Å². The number of fused-ring (bicyclic) bond motifs is 2. The van der Waals surface area contributed by atoms with Gasteiger partial charge in [-0.15, -0.1) is 11.3 Å². The van der Waals surface area contributed by atoms with Gasteiger partial charge in [0.25, 0.3) is 0 Å². The van der Waals surface area contributed by atoms with E-state index in [-0.39, 0.29) is 5.91 Å². The summed E-state index contributed by atoms with van der Waals surface area (Å²) in [5.41, 5.74) is 6.73. The summed E-state index contributed by atoms with van der Waals surface area (Å²) in [5, 5.41) is 12.4. The molecule has 6 rings (SSSR count). The van der Waals surface area contributed by atoms with E-state index in [1.807, 2.05) is 41.8 Å². The van der Waals surface area contributed by atoms with E-state index in [0.717, 1.165) is 32.7 Å². The molecular weight excluding hydrogens is 448 g/mol. The van der Waals surface area contributed by atoms with Gasteiger partial charge in [0.05, 0.1) is 33.5 Å².